The zero-order valence-electron chi connectivity index (χ0n) is 10.9. The summed E-state index contributed by atoms with van der Waals surface area (Å²) in [4.78, 5) is 11.1. The lowest BCUT2D eigenvalue weighted by atomic mass is 9.74. The van der Waals surface area contributed by atoms with E-state index in [2.05, 4.69) is 17.4 Å². The summed E-state index contributed by atoms with van der Waals surface area (Å²) >= 11 is 0. The van der Waals surface area contributed by atoms with Gasteiger partial charge < -0.3 is 10.4 Å². The Labute approximate surface area is 108 Å². The summed E-state index contributed by atoms with van der Waals surface area (Å²) in [5.74, 6) is -0.649. The summed E-state index contributed by atoms with van der Waals surface area (Å²) in [5, 5.41) is 12.7. The lowest BCUT2D eigenvalue weighted by Gasteiger charge is -2.34. The van der Waals surface area contributed by atoms with Gasteiger partial charge in [-0.25, -0.2) is 0 Å². The Morgan fingerprint density at radius 2 is 1.94 bits per heavy atom. The van der Waals surface area contributed by atoms with Crippen molar-refractivity contribution in [3.63, 3.8) is 0 Å². The number of benzene rings is 1. The van der Waals surface area contributed by atoms with Crippen molar-refractivity contribution < 1.29 is 9.90 Å². The molecule has 0 saturated heterocycles. The Morgan fingerprint density at radius 1 is 1.33 bits per heavy atom. The Bertz CT molecular complexity index is 394. The van der Waals surface area contributed by atoms with Crippen molar-refractivity contribution in [1.82, 2.24) is 5.32 Å². The van der Waals surface area contributed by atoms with Gasteiger partial charge in [-0.2, -0.15) is 0 Å². The molecule has 2 N–H and O–H groups in total. The summed E-state index contributed by atoms with van der Waals surface area (Å²) in [7, 11) is 0. The first-order chi connectivity index (χ1) is 8.60. The maximum Gasteiger partial charge on any atom is 0.309 e. The number of aliphatic carboxylic acids is 1. The molecule has 98 valence electrons. The van der Waals surface area contributed by atoms with Crippen molar-refractivity contribution >= 4 is 5.97 Å². The number of carbonyl (C=O) groups is 1. The standard InChI is InChI=1S/C15H21NO2/c1-15(14(17)18)9-7-13(8-10-15)16-11-12-5-3-2-4-6-12/h2-6,13,16H,7-11H2,1H3,(H,17,18). The van der Waals surface area contributed by atoms with E-state index in [1.54, 1.807) is 0 Å². The lowest BCUT2D eigenvalue weighted by Crippen LogP contribution is -2.39. The minimum absolute atomic E-state index is 0.456. The molecule has 1 aliphatic carbocycles. The van der Waals surface area contributed by atoms with Crippen LogP contribution in [0.25, 0.3) is 0 Å². The van der Waals surface area contributed by atoms with Gasteiger partial charge in [0.05, 0.1) is 5.41 Å². The molecular formula is C15H21NO2. The second-order valence-corrected chi connectivity index (χ2v) is 5.51. The van der Waals surface area contributed by atoms with Gasteiger partial charge in [0.2, 0.25) is 0 Å². The molecule has 1 fully saturated rings. The van der Waals surface area contributed by atoms with E-state index in [-0.39, 0.29) is 0 Å². The lowest BCUT2D eigenvalue weighted by molar-refractivity contribution is -0.150. The van der Waals surface area contributed by atoms with E-state index in [4.69, 9.17) is 0 Å². The van der Waals surface area contributed by atoms with E-state index in [1.807, 2.05) is 25.1 Å². The fourth-order valence-corrected chi connectivity index (χ4v) is 2.53. The second kappa shape index (κ2) is 5.53. The van der Waals surface area contributed by atoms with Gasteiger partial charge in [0.1, 0.15) is 0 Å². The second-order valence-electron chi connectivity index (χ2n) is 5.51. The zero-order valence-corrected chi connectivity index (χ0v) is 10.9. The van der Waals surface area contributed by atoms with E-state index in [1.165, 1.54) is 5.56 Å². The molecule has 0 aliphatic heterocycles. The van der Waals surface area contributed by atoms with Crippen molar-refractivity contribution in [3.05, 3.63) is 35.9 Å². The normalized spacial score (nSPS) is 27.9. The van der Waals surface area contributed by atoms with Crippen LogP contribution in [0.2, 0.25) is 0 Å². The fourth-order valence-electron chi connectivity index (χ4n) is 2.53. The summed E-state index contributed by atoms with van der Waals surface area (Å²) in [6, 6.07) is 10.8. The Kier molecular flexibility index (Phi) is 4.02. The van der Waals surface area contributed by atoms with E-state index in [0.717, 1.165) is 32.2 Å². The molecule has 1 aromatic rings. The highest BCUT2D eigenvalue weighted by molar-refractivity contribution is 5.74. The average Bonchev–Trinajstić information content (AvgIpc) is 2.39. The fraction of sp³-hybridized carbons (Fsp3) is 0.533. The van der Waals surface area contributed by atoms with Crippen LogP contribution in [0.3, 0.4) is 0 Å². The van der Waals surface area contributed by atoms with Crippen molar-refractivity contribution in [2.24, 2.45) is 5.41 Å². The summed E-state index contributed by atoms with van der Waals surface area (Å²) in [6.45, 7) is 2.73. The minimum Gasteiger partial charge on any atom is -0.481 e. The van der Waals surface area contributed by atoms with Crippen LogP contribution in [0.4, 0.5) is 0 Å². The highest BCUT2D eigenvalue weighted by Gasteiger charge is 2.37. The number of carboxylic acid groups (broad SMARTS) is 1. The van der Waals surface area contributed by atoms with Gasteiger partial charge in [-0.15, -0.1) is 0 Å². The summed E-state index contributed by atoms with van der Waals surface area (Å²) < 4.78 is 0. The number of hydrogen-bond donors (Lipinski definition) is 2. The molecule has 0 atom stereocenters. The molecule has 1 aromatic carbocycles. The molecule has 0 spiro atoms. The monoisotopic (exact) mass is 247 g/mol. The number of nitrogens with one attached hydrogen (secondary N) is 1. The molecular weight excluding hydrogens is 226 g/mol. The van der Waals surface area contributed by atoms with Crippen molar-refractivity contribution in [2.45, 2.75) is 45.2 Å². The first kappa shape index (κ1) is 13.1. The molecule has 1 saturated carbocycles. The third-order valence-electron chi connectivity index (χ3n) is 4.04. The van der Waals surface area contributed by atoms with Crippen LogP contribution in [0, 0.1) is 5.41 Å². The maximum atomic E-state index is 11.1. The minimum atomic E-state index is -0.649. The van der Waals surface area contributed by atoms with Gasteiger partial charge in [-0.1, -0.05) is 30.3 Å². The third kappa shape index (κ3) is 3.10. The molecule has 0 heterocycles. The van der Waals surface area contributed by atoms with Gasteiger partial charge >= 0.3 is 5.97 Å². The average molecular weight is 247 g/mol. The van der Waals surface area contributed by atoms with Gasteiger partial charge in [0.25, 0.3) is 0 Å². The van der Waals surface area contributed by atoms with Gasteiger partial charge in [-0.05, 0) is 38.2 Å². The topological polar surface area (TPSA) is 49.3 Å². The van der Waals surface area contributed by atoms with Crippen LogP contribution < -0.4 is 5.32 Å². The maximum absolute atomic E-state index is 11.1. The first-order valence-corrected chi connectivity index (χ1v) is 6.61. The highest BCUT2D eigenvalue weighted by Crippen LogP contribution is 2.36. The molecule has 0 amide bonds. The zero-order chi connectivity index (χ0) is 13.0. The molecule has 0 aromatic heterocycles. The SMILES string of the molecule is CC1(C(=O)O)CCC(NCc2ccccc2)CC1. The molecule has 2 rings (SSSR count). The van der Waals surface area contributed by atoms with Crippen LogP contribution in [0.15, 0.2) is 30.3 Å². The van der Waals surface area contributed by atoms with Gasteiger partial charge in [0, 0.05) is 12.6 Å². The van der Waals surface area contributed by atoms with Gasteiger partial charge in [0.15, 0.2) is 0 Å². The number of carboxylic acids is 1. The molecule has 1 aliphatic rings. The van der Waals surface area contributed by atoms with Crippen molar-refractivity contribution in [3.8, 4) is 0 Å². The van der Waals surface area contributed by atoms with E-state index < -0.39 is 11.4 Å². The van der Waals surface area contributed by atoms with E-state index >= 15 is 0 Å². The molecule has 0 unspecified atom stereocenters. The molecule has 18 heavy (non-hydrogen) atoms. The smallest absolute Gasteiger partial charge is 0.309 e. The largest absolute Gasteiger partial charge is 0.481 e. The third-order valence-corrected chi connectivity index (χ3v) is 4.04. The molecule has 3 heteroatoms. The number of rotatable bonds is 4. The van der Waals surface area contributed by atoms with E-state index in [0.29, 0.717) is 6.04 Å². The van der Waals surface area contributed by atoms with Crippen LogP contribution >= 0.6 is 0 Å². The molecule has 0 radical (unpaired) electrons. The van der Waals surface area contributed by atoms with Crippen LogP contribution in [-0.4, -0.2) is 17.1 Å². The molecule has 0 bridgehead atoms. The predicted octanol–water partition coefficient (Wildman–Crippen LogP) is 2.81. The van der Waals surface area contributed by atoms with Crippen LogP contribution in [0.1, 0.15) is 38.2 Å². The summed E-state index contributed by atoms with van der Waals surface area (Å²) in [6.07, 6.45) is 3.45. The van der Waals surface area contributed by atoms with Crippen LogP contribution in [0.5, 0.6) is 0 Å². The predicted molar refractivity (Wildman–Crippen MR) is 71.3 cm³/mol. The van der Waals surface area contributed by atoms with Crippen molar-refractivity contribution in [1.29, 1.82) is 0 Å². The Balaban J connectivity index is 1.79. The highest BCUT2D eigenvalue weighted by atomic mass is 16.4. The quantitative estimate of drug-likeness (QED) is 0.860. The van der Waals surface area contributed by atoms with Gasteiger partial charge in [-0.3, -0.25) is 4.79 Å². The summed E-state index contributed by atoms with van der Waals surface area (Å²) in [5.41, 5.74) is 0.773. The Hall–Kier alpha value is -1.35. The molecule has 3 nitrogen and oxygen atoms in total. The number of hydrogen-bond acceptors (Lipinski definition) is 2. The van der Waals surface area contributed by atoms with E-state index in [9.17, 15) is 9.90 Å². The Morgan fingerprint density at radius 3 is 2.50 bits per heavy atom. The first-order valence-electron chi connectivity index (χ1n) is 6.61. The van der Waals surface area contributed by atoms with Crippen molar-refractivity contribution in [2.75, 3.05) is 0 Å². The van der Waals surface area contributed by atoms with Crippen LogP contribution in [-0.2, 0) is 11.3 Å².